The molecule has 0 fully saturated rings. The van der Waals surface area contributed by atoms with Gasteiger partial charge in [0.05, 0.1) is 6.26 Å². The Morgan fingerprint density at radius 1 is 0.524 bits per heavy atom. The van der Waals surface area contributed by atoms with Crippen LogP contribution in [-0.4, -0.2) is 0 Å². The lowest BCUT2D eigenvalue weighted by molar-refractivity contribution is 0.409. The van der Waals surface area contributed by atoms with Crippen molar-refractivity contribution in [3.63, 3.8) is 0 Å². The van der Waals surface area contributed by atoms with Crippen LogP contribution in [-0.2, 0) is 16.2 Å². The van der Waals surface area contributed by atoms with Crippen LogP contribution in [0.4, 0.5) is 4.39 Å². The van der Waals surface area contributed by atoms with Crippen LogP contribution >= 0.6 is 0 Å². The second-order valence-electron chi connectivity index (χ2n) is 14.7. The molecule has 0 unspecified atom stereocenters. The molecule has 0 N–H and O–H groups in total. The van der Waals surface area contributed by atoms with E-state index < -0.39 is 0 Å². The smallest absolute Gasteiger partial charge is 0.123 e. The molecule has 0 saturated heterocycles. The largest absolute Gasteiger partial charge is 0.469 e. The van der Waals surface area contributed by atoms with Gasteiger partial charge in [-0.3, -0.25) is 0 Å². The van der Waals surface area contributed by atoms with Crippen LogP contribution in [0.15, 0.2) is 114 Å². The Morgan fingerprint density at radius 3 is 1.26 bits per heavy atom. The molecule has 228 valence electrons. The number of hydrogen-bond donors (Lipinski definition) is 0. The average molecular weight is 571 g/mol. The normalized spacial score (nSPS) is 11.5. The third-order valence-corrected chi connectivity index (χ3v) is 6.64. The highest BCUT2D eigenvalue weighted by Gasteiger charge is 2.16. The van der Waals surface area contributed by atoms with E-state index in [2.05, 4.69) is 132 Å². The van der Waals surface area contributed by atoms with Crippen LogP contribution < -0.4 is 0 Å². The molecule has 0 amide bonds. The van der Waals surface area contributed by atoms with Crippen LogP contribution in [0.1, 0.15) is 106 Å². The highest BCUT2D eigenvalue weighted by molar-refractivity contribution is 5.67. The minimum atomic E-state index is -0.169. The standard InChI is InChI=1S/C12H16.C10H13F.C10H14.C8H12O/c1-10(12(2,3)4)11-8-6-5-7-9-11;1-10(2,3)8-4-6-9(11)7-5-8;1-10(2,3)9-7-5-4-6-8-9;1-8(2,3)7-5-4-6-9-7/h5-9H,1H2,2-4H3;4-7H,1-3H3;4-8H,1-3H3;4-6H,1-3H3. The first kappa shape index (κ1) is 36.6. The number of halogens is 1. The second-order valence-corrected chi connectivity index (χ2v) is 14.7. The van der Waals surface area contributed by atoms with Crippen LogP contribution in [0.3, 0.4) is 0 Å². The van der Waals surface area contributed by atoms with Gasteiger partial charge in [-0.05, 0) is 62.8 Å². The lowest BCUT2D eigenvalue weighted by Gasteiger charge is -2.21. The van der Waals surface area contributed by atoms with Crippen LogP contribution in [0, 0.1) is 11.2 Å². The summed E-state index contributed by atoms with van der Waals surface area (Å²) in [5, 5.41) is 0. The quantitative estimate of drug-likeness (QED) is 0.222. The van der Waals surface area contributed by atoms with Crippen LogP contribution in [0.25, 0.3) is 5.57 Å². The van der Waals surface area contributed by atoms with E-state index in [0.717, 1.165) is 5.76 Å². The summed E-state index contributed by atoms with van der Waals surface area (Å²) in [6.45, 7) is 30.0. The van der Waals surface area contributed by atoms with Crippen LogP contribution in [0.2, 0.25) is 0 Å². The van der Waals surface area contributed by atoms with Gasteiger partial charge in [0.15, 0.2) is 0 Å². The highest BCUT2D eigenvalue weighted by Crippen LogP contribution is 2.31. The Balaban J connectivity index is 0.000000281. The maximum Gasteiger partial charge on any atom is 0.123 e. The molecule has 0 atom stereocenters. The maximum atomic E-state index is 12.5. The topological polar surface area (TPSA) is 13.1 Å². The average Bonchev–Trinajstić information content (AvgIpc) is 3.45. The molecule has 0 saturated carbocycles. The van der Waals surface area contributed by atoms with E-state index in [9.17, 15) is 4.39 Å². The molecule has 4 rings (SSSR count). The van der Waals surface area contributed by atoms with Gasteiger partial charge in [-0.1, -0.05) is 162 Å². The molecule has 0 radical (unpaired) electrons. The second kappa shape index (κ2) is 15.7. The van der Waals surface area contributed by atoms with Crippen LogP contribution in [0.5, 0.6) is 0 Å². The Labute approximate surface area is 256 Å². The molecule has 0 aliphatic rings. The van der Waals surface area contributed by atoms with E-state index in [1.807, 2.05) is 42.5 Å². The van der Waals surface area contributed by atoms with Gasteiger partial charge >= 0.3 is 0 Å². The Hall–Kier alpha value is -3.39. The van der Waals surface area contributed by atoms with Gasteiger partial charge in [0.25, 0.3) is 0 Å². The minimum absolute atomic E-state index is 0.119. The summed E-state index contributed by atoms with van der Waals surface area (Å²) in [7, 11) is 0. The first-order valence-electron chi connectivity index (χ1n) is 14.8. The van der Waals surface area contributed by atoms with Gasteiger partial charge in [-0.2, -0.15) is 0 Å². The minimum Gasteiger partial charge on any atom is -0.469 e. The summed E-state index contributed by atoms with van der Waals surface area (Å²) in [6.07, 6.45) is 1.71. The molecule has 1 aromatic heterocycles. The Bertz CT molecular complexity index is 1270. The summed E-state index contributed by atoms with van der Waals surface area (Å²) in [5.74, 6) is 0.875. The molecule has 42 heavy (non-hydrogen) atoms. The summed E-state index contributed by atoms with van der Waals surface area (Å²) in [5.41, 5.74) is 5.74. The lowest BCUT2D eigenvalue weighted by Crippen LogP contribution is -2.10. The molecule has 0 aliphatic heterocycles. The maximum absolute atomic E-state index is 12.5. The molecule has 0 bridgehead atoms. The van der Waals surface area contributed by atoms with E-state index in [1.54, 1.807) is 6.26 Å². The monoisotopic (exact) mass is 570 g/mol. The number of rotatable bonds is 1. The fraction of sp³-hybridized carbons (Fsp3) is 0.400. The lowest BCUT2D eigenvalue weighted by atomic mass is 9.83. The fourth-order valence-corrected chi connectivity index (χ4v) is 3.67. The molecular weight excluding hydrogens is 515 g/mol. The van der Waals surface area contributed by atoms with Crippen molar-refractivity contribution in [2.24, 2.45) is 5.41 Å². The third-order valence-electron chi connectivity index (χ3n) is 6.64. The van der Waals surface area contributed by atoms with Gasteiger partial charge in [0.2, 0.25) is 0 Å². The molecular formula is C40H55FO. The van der Waals surface area contributed by atoms with Gasteiger partial charge in [-0.25, -0.2) is 4.39 Å². The van der Waals surface area contributed by atoms with Gasteiger partial charge in [-0.15, -0.1) is 0 Å². The van der Waals surface area contributed by atoms with Gasteiger partial charge in [0, 0.05) is 5.41 Å². The van der Waals surface area contributed by atoms with Crippen molar-refractivity contribution in [1.29, 1.82) is 0 Å². The number of benzene rings is 3. The Morgan fingerprint density at radius 2 is 0.952 bits per heavy atom. The third kappa shape index (κ3) is 14.0. The number of allylic oxidation sites excluding steroid dienone is 1. The van der Waals surface area contributed by atoms with E-state index in [-0.39, 0.29) is 22.1 Å². The zero-order chi connectivity index (χ0) is 32.2. The van der Waals surface area contributed by atoms with Crippen molar-refractivity contribution in [3.05, 3.63) is 138 Å². The highest BCUT2D eigenvalue weighted by atomic mass is 19.1. The van der Waals surface area contributed by atoms with E-state index in [1.165, 1.54) is 34.4 Å². The zero-order valence-corrected chi connectivity index (χ0v) is 28.3. The molecule has 3 aromatic carbocycles. The van der Waals surface area contributed by atoms with Gasteiger partial charge < -0.3 is 4.42 Å². The molecule has 0 aliphatic carbocycles. The predicted octanol–water partition coefficient (Wildman–Crippen LogP) is 12.4. The molecule has 1 nitrogen and oxygen atoms in total. The Kier molecular flexibility index (Phi) is 13.7. The fourth-order valence-electron chi connectivity index (χ4n) is 3.67. The number of hydrogen-bond acceptors (Lipinski definition) is 1. The number of furan rings is 1. The molecule has 0 spiro atoms. The zero-order valence-electron chi connectivity index (χ0n) is 28.3. The van der Waals surface area contributed by atoms with Crippen molar-refractivity contribution in [3.8, 4) is 0 Å². The summed E-state index contributed by atoms with van der Waals surface area (Å²) >= 11 is 0. The van der Waals surface area contributed by atoms with E-state index >= 15 is 0 Å². The summed E-state index contributed by atoms with van der Waals surface area (Å²) in [6, 6.07) is 31.5. The SMILES string of the molecule is C=C(c1ccccc1)C(C)(C)C.CC(C)(C)c1ccc(F)cc1.CC(C)(C)c1ccccc1.CC(C)(C)c1ccco1. The summed E-state index contributed by atoms with van der Waals surface area (Å²) in [4.78, 5) is 0. The van der Waals surface area contributed by atoms with E-state index in [0.29, 0.717) is 5.41 Å². The van der Waals surface area contributed by atoms with Crippen molar-refractivity contribution >= 4 is 5.57 Å². The first-order chi connectivity index (χ1) is 19.2. The summed E-state index contributed by atoms with van der Waals surface area (Å²) < 4.78 is 17.7. The molecule has 2 heteroatoms. The van der Waals surface area contributed by atoms with Crippen molar-refractivity contribution < 1.29 is 8.81 Å². The van der Waals surface area contributed by atoms with Crippen molar-refractivity contribution in [1.82, 2.24) is 0 Å². The van der Waals surface area contributed by atoms with E-state index in [4.69, 9.17) is 4.42 Å². The first-order valence-corrected chi connectivity index (χ1v) is 14.8. The van der Waals surface area contributed by atoms with Crippen molar-refractivity contribution in [2.75, 3.05) is 0 Å². The molecule has 4 aromatic rings. The predicted molar refractivity (Wildman–Crippen MR) is 183 cm³/mol. The van der Waals surface area contributed by atoms with Crippen molar-refractivity contribution in [2.45, 2.75) is 99.3 Å². The molecule has 1 heterocycles. The van der Waals surface area contributed by atoms with Gasteiger partial charge in [0.1, 0.15) is 11.6 Å².